The molecule has 0 radical (unpaired) electrons. The number of aromatic amines is 1. The molecular weight excluding hydrogens is 444 g/mol. The number of hydrogen-bond acceptors (Lipinski definition) is 6. The summed E-state index contributed by atoms with van der Waals surface area (Å²) < 4.78 is 5.41. The average molecular weight is 473 g/mol. The molecule has 1 aliphatic rings. The zero-order valence-corrected chi connectivity index (χ0v) is 19.3. The Morgan fingerprint density at radius 2 is 1.86 bits per heavy atom. The Hall–Kier alpha value is -3.88. The van der Waals surface area contributed by atoms with Crippen molar-refractivity contribution in [2.75, 3.05) is 36.5 Å². The Morgan fingerprint density at radius 1 is 1.09 bits per heavy atom. The number of aliphatic hydroxyl groups is 2. The lowest BCUT2D eigenvalue weighted by Crippen LogP contribution is -2.21. The first-order valence-corrected chi connectivity index (χ1v) is 11.8. The molecule has 4 N–H and O–H groups in total. The highest BCUT2D eigenvalue weighted by Gasteiger charge is 2.17. The molecule has 1 atom stereocenters. The van der Waals surface area contributed by atoms with Crippen LogP contribution in [0.4, 0.5) is 11.4 Å². The number of imidazole rings is 1. The maximum absolute atomic E-state index is 13.1. The van der Waals surface area contributed by atoms with Gasteiger partial charge >= 0.3 is 0 Å². The number of rotatable bonds is 8. The number of ether oxygens (including phenoxy) is 1. The summed E-state index contributed by atoms with van der Waals surface area (Å²) in [7, 11) is 0. The molecule has 1 aromatic heterocycles. The largest absolute Gasteiger partial charge is 0.491 e. The van der Waals surface area contributed by atoms with Crippen LogP contribution in [0.1, 0.15) is 23.2 Å². The first-order valence-electron chi connectivity index (χ1n) is 11.8. The lowest BCUT2D eigenvalue weighted by Gasteiger charge is -2.17. The van der Waals surface area contributed by atoms with Crippen LogP contribution in [-0.2, 0) is 0 Å². The van der Waals surface area contributed by atoms with E-state index in [-0.39, 0.29) is 19.1 Å². The molecule has 3 aromatic carbocycles. The van der Waals surface area contributed by atoms with Crippen molar-refractivity contribution in [3.63, 3.8) is 0 Å². The van der Waals surface area contributed by atoms with Crippen LogP contribution in [0, 0.1) is 0 Å². The molecule has 180 valence electrons. The fourth-order valence-corrected chi connectivity index (χ4v) is 4.26. The highest BCUT2D eigenvalue weighted by atomic mass is 16.5. The molecule has 1 fully saturated rings. The summed E-state index contributed by atoms with van der Waals surface area (Å²) in [6.07, 6.45) is 1.50. The van der Waals surface area contributed by atoms with Gasteiger partial charge in [-0.2, -0.15) is 0 Å². The van der Waals surface area contributed by atoms with E-state index in [1.54, 1.807) is 30.3 Å². The van der Waals surface area contributed by atoms with Gasteiger partial charge in [0.2, 0.25) is 0 Å². The molecular formula is C27H28N4O4. The van der Waals surface area contributed by atoms with E-state index in [4.69, 9.17) is 14.8 Å². The Labute approximate surface area is 203 Å². The Kier molecular flexibility index (Phi) is 6.65. The van der Waals surface area contributed by atoms with Crippen molar-refractivity contribution in [1.82, 2.24) is 9.97 Å². The molecule has 1 saturated heterocycles. The number of nitrogens with one attached hydrogen (secondary N) is 2. The minimum Gasteiger partial charge on any atom is -0.491 e. The summed E-state index contributed by atoms with van der Waals surface area (Å²) in [6, 6.07) is 20.7. The van der Waals surface area contributed by atoms with Gasteiger partial charge in [-0.1, -0.05) is 18.2 Å². The predicted molar refractivity (Wildman–Crippen MR) is 136 cm³/mol. The third-order valence-electron chi connectivity index (χ3n) is 6.11. The molecule has 0 unspecified atom stereocenters. The van der Waals surface area contributed by atoms with Gasteiger partial charge in [0, 0.05) is 30.0 Å². The number of H-pyrrole nitrogens is 1. The molecule has 8 heteroatoms. The summed E-state index contributed by atoms with van der Waals surface area (Å²) in [4.78, 5) is 23.6. The first kappa shape index (κ1) is 22.9. The zero-order valence-electron chi connectivity index (χ0n) is 19.3. The highest BCUT2D eigenvalue weighted by Crippen LogP contribution is 2.28. The van der Waals surface area contributed by atoms with E-state index in [1.165, 1.54) is 18.5 Å². The maximum Gasteiger partial charge on any atom is 0.257 e. The van der Waals surface area contributed by atoms with Crippen molar-refractivity contribution < 1.29 is 19.7 Å². The van der Waals surface area contributed by atoms with Crippen LogP contribution in [0.3, 0.4) is 0 Å². The van der Waals surface area contributed by atoms with Crippen molar-refractivity contribution >= 4 is 28.3 Å². The van der Waals surface area contributed by atoms with E-state index in [0.717, 1.165) is 30.0 Å². The number of amides is 1. The standard InChI is InChI=1S/C27H28N4O4/c32-16-21(33)17-35-22-11-9-19(10-12-22)28-27(34)23-7-4-8-24-25(23)30-26(29-24)18-5-3-6-20(15-18)31-13-1-2-14-31/h3-12,15,21,32-33H,1-2,13-14,16-17H2,(H,28,34)(H,29,30)/t21-/m1/s1. The molecule has 0 bridgehead atoms. The van der Waals surface area contributed by atoms with Crippen molar-refractivity contribution in [3.8, 4) is 17.1 Å². The molecule has 5 rings (SSSR count). The van der Waals surface area contributed by atoms with Crippen LogP contribution in [0.25, 0.3) is 22.4 Å². The van der Waals surface area contributed by atoms with Crippen LogP contribution < -0.4 is 15.0 Å². The van der Waals surface area contributed by atoms with Crippen LogP contribution in [0.5, 0.6) is 5.75 Å². The summed E-state index contributed by atoms with van der Waals surface area (Å²) >= 11 is 0. The third kappa shape index (κ3) is 5.13. The molecule has 0 spiro atoms. The number of anilines is 2. The summed E-state index contributed by atoms with van der Waals surface area (Å²) in [6.45, 7) is 1.78. The maximum atomic E-state index is 13.1. The number of carbonyl (C=O) groups is 1. The van der Waals surface area contributed by atoms with E-state index in [0.29, 0.717) is 22.5 Å². The third-order valence-corrected chi connectivity index (χ3v) is 6.11. The van der Waals surface area contributed by atoms with Gasteiger partial charge in [0.1, 0.15) is 29.8 Å². The number of aliphatic hydroxyl groups excluding tert-OH is 2. The van der Waals surface area contributed by atoms with E-state index in [1.807, 2.05) is 24.3 Å². The summed E-state index contributed by atoms with van der Waals surface area (Å²) in [5.41, 5.74) is 4.67. The normalized spacial score (nSPS) is 14.3. The van der Waals surface area contributed by atoms with Crippen molar-refractivity contribution in [2.45, 2.75) is 18.9 Å². The van der Waals surface area contributed by atoms with Gasteiger partial charge in [-0.15, -0.1) is 0 Å². The highest BCUT2D eigenvalue weighted by molar-refractivity contribution is 6.11. The molecule has 0 saturated carbocycles. The van der Waals surface area contributed by atoms with Crippen LogP contribution in [0.2, 0.25) is 0 Å². The van der Waals surface area contributed by atoms with Gasteiger partial charge in [0.15, 0.2) is 0 Å². The van der Waals surface area contributed by atoms with Gasteiger partial charge < -0.3 is 30.2 Å². The lowest BCUT2D eigenvalue weighted by atomic mass is 10.1. The topological polar surface area (TPSA) is 111 Å². The minimum absolute atomic E-state index is 0.00731. The Bertz CT molecular complexity index is 1310. The molecule has 8 nitrogen and oxygen atoms in total. The first-order chi connectivity index (χ1) is 17.1. The van der Waals surface area contributed by atoms with Gasteiger partial charge in [0.25, 0.3) is 5.91 Å². The number of aromatic nitrogens is 2. The molecule has 1 aliphatic heterocycles. The SMILES string of the molecule is O=C(Nc1ccc(OC[C@H](O)CO)cc1)c1cccc2[nH]c(-c3cccc(N4CCCC4)c3)nc12. The molecule has 0 aliphatic carbocycles. The predicted octanol–water partition coefficient (Wildman–Crippen LogP) is 3.81. The lowest BCUT2D eigenvalue weighted by molar-refractivity contribution is 0.0536. The quantitative estimate of drug-likeness (QED) is 0.310. The van der Waals surface area contributed by atoms with E-state index < -0.39 is 6.10 Å². The summed E-state index contributed by atoms with van der Waals surface area (Å²) in [5, 5.41) is 21.2. The van der Waals surface area contributed by atoms with Crippen molar-refractivity contribution in [1.29, 1.82) is 0 Å². The number of hydrogen-bond donors (Lipinski definition) is 4. The molecule has 4 aromatic rings. The second-order valence-corrected chi connectivity index (χ2v) is 8.66. The second kappa shape index (κ2) is 10.2. The van der Waals surface area contributed by atoms with Gasteiger partial charge in [-0.25, -0.2) is 4.98 Å². The fourth-order valence-electron chi connectivity index (χ4n) is 4.26. The van der Waals surface area contributed by atoms with Crippen LogP contribution in [-0.4, -0.2) is 58.5 Å². The summed E-state index contributed by atoms with van der Waals surface area (Å²) in [5.74, 6) is 1.00. The average Bonchev–Trinajstić information content (AvgIpc) is 3.58. The molecule has 2 heterocycles. The van der Waals surface area contributed by atoms with Crippen molar-refractivity contribution in [3.05, 3.63) is 72.3 Å². The Balaban J connectivity index is 1.34. The van der Waals surface area contributed by atoms with Crippen LogP contribution >= 0.6 is 0 Å². The number of carbonyl (C=O) groups excluding carboxylic acids is 1. The second-order valence-electron chi connectivity index (χ2n) is 8.66. The number of para-hydroxylation sites is 1. The minimum atomic E-state index is -0.934. The zero-order chi connectivity index (χ0) is 24.2. The van der Waals surface area contributed by atoms with Crippen LogP contribution in [0.15, 0.2) is 66.7 Å². The smallest absolute Gasteiger partial charge is 0.257 e. The van der Waals surface area contributed by atoms with E-state index in [9.17, 15) is 9.90 Å². The van der Waals surface area contributed by atoms with Gasteiger partial charge in [0.05, 0.1) is 17.7 Å². The van der Waals surface area contributed by atoms with Gasteiger partial charge in [-0.3, -0.25) is 4.79 Å². The van der Waals surface area contributed by atoms with E-state index in [2.05, 4.69) is 27.3 Å². The number of benzene rings is 3. The van der Waals surface area contributed by atoms with Gasteiger partial charge in [-0.05, 0) is 61.4 Å². The molecule has 35 heavy (non-hydrogen) atoms. The fraction of sp³-hybridized carbons (Fsp3) is 0.259. The van der Waals surface area contributed by atoms with Crippen molar-refractivity contribution in [2.24, 2.45) is 0 Å². The monoisotopic (exact) mass is 472 g/mol. The molecule has 1 amide bonds. The number of fused-ring (bicyclic) bond motifs is 1. The Morgan fingerprint density at radius 3 is 2.63 bits per heavy atom. The number of nitrogens with zero attached hydrogens (tertiary/aromatic N) is 2. The van der Waals surface area contributed by atoms with E-state index >= 15 is 0 Å².